The molecule has 0 spiro atoms. The summed E-state index contributed by atoms with van der Waals surface area (Å²) in [6.45, 7) is 0.0530. The molecule has 21 heavy (non-hydrogen) atoms. The van der Waals surface area contributed by atoms with Crippen LogP contribution in [0.1, 0.15) is 12.5 Å². The standard InChI is InChI=1S/C11H11ClF3NO4S/c1-7(10(17)18)16(21(19,20)11(13,14)15)6-8-4-2-3-5-9(8)12/h2-5,7H,6H2,1H3,(H,17,18). The molecule has 0 aliphatic heterocycles. The summed E-state index contributed by atoms with van der Waals surface area (Å²) in [4.78, 5) is 10.9. The highest BCUT2D eigenvalue weighted by Crippen LogP contribution is 2.30. The third kappa shape index (κ3) is 3.86. The average molecular weight is 346 g/mol. The smallest absolute Gasteiger partial charge is 0.480 e. The van der Waals surface area contributed by atoms with E-state index in [1.54, 1.807) is 0 Å². The van der Waals surface area contributed by atoms with Crippen LogP contribution in [0.2, 0.25) is 5.02 Å². The molecule has 1 rings (SSSR count). The second-order valence-electron chi connectivity index (χ2n) is 4.10. The summed E-state index contributed by atoms with van der Waals surface area (Å²) in [6.07, 6.45) is 0. The largest absolute Gasteiger partial charge is 0.511 e. The van der Waals surface area contributed by atoms with E-state index in [4.69, 9.17) is 16.7 Å². The molecular weight excluding hydrogens is 335 g/mol. The van der Waals surface area contributed by atoms with Gasteiger partial charge in [-0.25, -0.2) is 8.42 Å². The summed E-state index contributed by atoms with van der Waals surface area (Å²) in [5.74, 6) is -1.70. The number of hydrogen-bond donors (Lipinski definition) is 1. The van der Waals surface area contributed by atoms with Crippen molar-refractivity contribution in [2.45, 2.75) is 25.0 Å². The third-order valence-corrected chi connectivity index (χ3v) is 4.69. The number of halogens is 4. The molecule has 1 aromatic carbocycles. The quantitative estimate of drug-likeness (QED) is 0.889. The number of alkyl halides is 3. The van der Waals surface area contributed by atoms with Crippen LogP contribution in [-0.2, 0) is 21.4 Å². The highest BCUT2D eigenvalue weighted by atomic mass is 35.5. The molecule has 1 atom stereocenters. The van der Waals surface area contributed by atoms with Crippen molar-refractivity contribution in [2.24, 2.45) is 0 Å². The molecule has 0 heterocycles. The Morgan fingerprint density at radius 2 is 1.90 bits per heavy atom. The minimum absolute atomic E-state index is 0.0393. The van der Waals surface area contributed by atoms with Crippen molar-refractivity contribution in [3.63, 3.8) is 0 Å². The first-order valence-corrected chi connectivity index (χ1v) is 7.34. The fourth-order valence-corrected chi connectivity index (χ4v) is 2.76. The number of carboxylic acid groups (broad SMARTS) is 1. The molecular formula is C11H11ClF3NO4S. The zero-order valence-corrected chi connectivity index (χ0v) is 12.2. The maximum Gasteiger partial charge on any atom is 0.511 e. The van der Waals surface area contributed by atoms with Crippen LogP contribution >= 0.6 is 11.6 Å². The second-order valence-corrected chi connectivity index (χ2v) is 6.39. The van der Waals surface area contributed by atoms with E-state index in [0.29, 0.717) is 0 Å². The number of rotatable bonds is 5. The number of carboxylic acids is 1. The molecule has 5 nitrogen and oxygen atoms in total. The molecule has 0 amide bonds. The van der Waals surface area contributed by atoms with Gasteiger partial charge in [0.2, 0.25) is 0 Å². The number of hydrogen-bond acceptors (Lipinski definition) is 3. The fraction of sp³-hybridized carbons (Fsp3) is 0.364. The summed E-state index contributed by atoms with van der Waals surface area (Å²) in [7, 11) is -5.80. The number of benzene rings is 1. The molecule has 0 bridgehead atoms. The van der Waals surface area contributed by atoms with Gasteiger partial charge in [0, 0.05) is 11.6 Å². The summed E-state index contributed by atoms with van der Waals surface area (Å²) < 4.78 is 60.8. The minimum atomic E-state index is -5.80. The molecule has 0 aliphatic rings. The predicted octanol–water partition coefficient (Wildman–Crippen LogP) is 2.46. The Hall–Kier alpha value is -1.32. The lowest BCUT2D eigenvalue weighted by molar-refractivity contribution is -0.141. The van der Waals surface area contributed by atoms with E-state index < -0.39 is 34.1 Å². The molecule has 10 heteroatoms. The van der Waals surface area contributed by atoms with Crippen molar-refractivity contribution in [3.05, 3.63) is 34.9 Å². The zero-order valence-electron chi connectivity index (χ0n) is 10.6. The summed E-state index contributed by atoms with van der Waals surface area (Å²) in [5, 5.41) is 8.86. The lowest BCUT2D eigenvalue weighted by Crippen LogP contribution is -2.48. The SMILES string of the molecule is CC(C(=O)O)N(Cc1ccccc1Cl)S(=O)(=O)C(F)(F)F. The van der Waals surface area contributed by atoms with Crippen LogP contribution in [0.3, 0.4) is 0 Å². The van der Waals surface area contributed by atoms with Crippen LogP contribution in [0.15, 0.2) is 24.3 Å². The van der Waals surface area contributed by atoms with Crippen LogP contribution in [0.5, 0.6) is 0 Å². The Kier molecular flexibility index (Phi) is 5.24. The van der Waals surface area contributed by atoms with Crippen LogP contribution < -0.4 is 0 Å². The molecule has 1 N–H and O–H groups in total. The van der Waals surface area contributed by atoms with Crippen molar-refractivity contribution in [1.82, 2.24) is 4.31 Å². The highest BCUT2D eigenvalue weighted by molar-refractivity contribution is 7.90. The van der Waals surface area contributed by atoms with E-state index in [0.717, 1.165) is 6.92 Å². The molecule has 0 aromatic heterocycles. The third-order valence-electron chi connectivity index (χ3n) is 2.67. The normalized spacial score (nSPS) is 14.2. The average Bonchev–Trinajstić information content (AvgIpc) is 2.35. The molecule has 1 aromatic rings. The van der Waals surface area contributed by atoms with E-state index in [2.05, 4.69) is 0 Å². The predicted molar refractivity (Wildman–Crippen MR) is 69.1 cm³/mol. The molecule has 0 saturated heterocycles. The van der Waals surface area contributed by atoms with Gasteiger partial charge in [-0.1, -0.05) is 29.8 Å². The number of nitrogens with zero attached hydrogens (tertiary/aromatic N) is 1. The fourth-order valence-electron chi connectivity index (χ4n) is 1.48. The molecule has 1 unspecified atom stereocenters. The zero-order chi connectivity index (χ0) is 16.4. The maximum atomic E-state index is 12.7. The highest BCUT2D eigenvalue weighted by Gasteiger charge is 2.52. The first-order chi connectivity index (χ1) is 9.48. The Balaban J connectivity index is 3.29. The van der Waals surface area contributed by atoms with E-state index >= 15 is 0 Å². The van der Waals surface area contributed by atoms with Gasteiger partial charge in [0.1, 0.15) is 6.04 Å². The number of aliphatic carboxylic acids is 1. The first kappa shape index (κ1) is 17.7. The lowest BCUT2D eigenvalue weighted by atomic mass is 10.2. The maximum absolute atomic E-state index is 12.7. The second kappa shape index (κ2) is 6.20. The van der Waals surface area contributed by atoms with Crippen molar-refractivity contribution in [1.29, 1.82) is 0 Å². The van der Waals surface area contributed by atoms with Gasteiger partial charge in [-0.2, -0.15) is 17.5 Å². The Morgan fingerprint density at radius 1 is 1.38 bits per heavy atom. The van der Waals surface area contributed by atoms with Crippen LogP contribution in [0, 0.1) is 0 Å². The Morgan fingerprint density at radius 3 is 2.33 bits per heavy atom. The van der Waals surface area contributed by atoms with Gasteiger partial charge in [-0.3, -0.25) is 4.79 Å². The Labute approximate surface area is 124 Å². The lowest BCUT2D eigenvalue weighted by Gasteiger charge is -2.26. The summed E-state index contributed by atoms with van der Waals surface area (Å²) in [6, 6.07) is 3.74. The van der Waals surface area contributed by atoms with Crippen molar-refractivity contribution >= 4 is 27.6 Å². The summed E-state index contributed by atoms with van der Waals surface area (Å²) in [5.41, 5.74) is -5.53. The van der Waals surface area contributed by atoms with Gasteiger partial charge in [-0.05, 0) is 18.6 Å². The topological polar surface area (TPSA) is 74.7 Å². The molecule has 0 saturated carbocycles. The minimum Gasteiger partial charge on any atom is -0.480 e. The van der Waals surface area contributed by atoms with Crippen LogP contribution in [0.4, 0.5) is 13.2 Å². The Bertz CT molecular complexity index is 633. The van der Waals surface area contributed by atoms with Gasteiger partial charge < -0.3 is 5.11 Å². The van der Waals surface area contributed by atoms with Gasteiger partial charge in [0.25, 0.3) is 0 Å². The molecule has 0 fully saturated rings. The van der Waals surface area contributed by atoms with Crippen molar-refractivity contribution < 1.29 is 31.5 Å². The van der Waals surface area contributed by atoms with Crippen LogP contribution in [0.25, 0.3) is 0 Å². The van der Waals surface area contributed by atoms with Gasteiger partial charge >= 0.3 is 21.5 Å². The van der Waals surface area contributed by atoms with Crippen molar-refractivity contribution in [2.75, 3.05) is 0 Å². The van der Waals surface area contributed by atoms with E-state index in [-0.39, 0.29) is 14.9 Å². The van der Waals surface area contributed by atoms with E-state index in [1.807, 2.05) is 0 Å². The summed E-state index contributed by atoms with van der Waals surface area (Å²) >= 11 is 5.77. The van der Waals surface area contributed by atoms with E-state index in [9.17, 15) is 26.4 Å². The monoisotopic (exact) mass is 345 g/mol. The number of sulfonamides is 1. The van der Waals surface area contributed by atoms with Crippen molar-refractivity contribution in [3.8, 4) is 0 Å². The van der Waals surface area contributed by atoms with Crippen LogP contribution in [-0.4, -0.2) is 35.3 Å². The first-order valence-electron chi connectivity index (χ1n) is 5.53. The van der Waals surface area contributed by atoms with Gasteiger partial charge in [0.05, 0.1) is 0 Å². The van der Waals surface area contributed by atoms with Gasteiger partial charge in [0.15, 0.2) is 0 Å². The van der Waals surface area contributed by atoms with E-state index in [1.165, 1.54) is 24.3 Å². The van der Waals surface area contributed by atoms with Gasteiger partial charge in [-0.15, -0.1) is 0 Å². The molecule has 0 aliphatic carbocycles. The molecule has 0 radical (unpaired) electrons. The number of carbonyl (C=O) groups is 1. The molecule has 118 valence electrons.